The maximum atomic E-state index is 11.9. The summed E-state index contributed by atoms with van der Waals surface area (Å²) in [5.74, 6) is 0. The number of rotatable bonds is 2. The molecule has 0 N–H and O–H groups in total. The first-order valence-electron chi connectivity index (χ1n) is 5.32. The van der Waals surface area contributed by atoms with Gasteiger partial charge in [-0.25, -0.2) is 0 Å². The third-order valence-electron chi connectivity index (χ3n) is 2.72. The molecule has 2 rings (SSSR count). The van der Waals surface area contributed by atoms with E-state index in [2.05, 4.69) is 5.10 Å². The van der Waals surface area contributed by atoms with Gasteiger partial charge in [0.05, 0.1) is 23.0 Å². The second-order valence-corrected chi connectivity index (χ2v) is 4.31. The number of hydrogen-bond donors (Lipinski definition) is 0. The van der Waals surface area contributed by atoms with Gasteiger partial charge in [0.25, 0.3) is 5.56 Å². The van der Waals surface area contributed by atoms with E-state index in [9.17, 15) is 4.79 Å². The van der Waals surface area contributed by atoms with Crippen molar-refractivity contribution in [3.05, 3.63) is 50.7 Å². The second-order valence-electron chi connectivity index (χ2n) is 3.94. The molecule has 0 radical (unpaired) electrons. The van der Waals surface area contributed by atoms with E-state index in [-0.39, 0.29) is 11.1 Å². The molecule has 0 aliphatic rings. The van der Waals surface area contributed by atoms with E-state index >= 15 is 0 Å². The summed E-state index contributed by atoms with van der Waals surface area (Å²) in [7, 11) is 1.77. The fourth-order valence-electron chi connectivity index (χ4n) is 1.76. The molecule has 5 nitrogen and oxygen atoms in total. The van der Waals surface area contributed by atoms with Crippen molar-refractivity contribution in [2.75, 3.05) is 0 Å². The maximum absolute atomic E-state index is 11.9. The van der Waals surface area contributed by atoms with Crippen molar-refractivity contribution in [2.45, 2.75) is 13.5 Å². The van der Waals surface area contributed by atoms with Gasteiger partial charge < -0.3 is 4.57 Å². The average molecular weight is 263 g/mol. The molecule has 6 heteroatoms. The van der Waals surface area contributed by atoms with Crippen LogP contribution in [-0.2, 0) is 13.6 Å². The predicted octanol–water partition coefficient (Wildman–Crippen LogP) is 1.46. The normalized spacial score (nSPS) is 10.3. The van der Waals surface area contributed by atoms with Crippen molar-refractivity contribution < 1.29 is 0 Å². The molecule has 2 aromatic rings. The van der Waals surface area contributed by atoms with Crippen LogP contribution in [0.4, 0.5) is 0 Å². The lowest BCUT2D eigenvalue weighted by atomic mass is 10.3. The molecule has 0 spiro atoms. The number of halogens is 1. The molecule has 2 heterocycles. The van der Waals surface area contributed by atoms with E-state index in [1.54, 1.807) is 30.9 Å². The van der Waals surface area contributed by atoms with Crippen molar-refractivity contribution in [2.24, 2.45) is 7.05 Å². The SMILES string of the molecule is Cc1nn(C)c(Cn2cccc(C#N)c2=O)c1Cl. The molecule has 18 heavy (non-hydrogen) atoms. The van der Waals surface area contributed by atoms with Crippen LogP contribution in [0.2, 0.25) is 5.02 Å². The molecule has 2 aromatic heterocycles. The molecular formula is C12H11ClN4O. The molecular weight excluding hydrogens is 252 g/mol. The Balaban J connectivity index is 2.48. The third kappa shape index (κ3) is 2.03. The number of aromatic nitrogens is 3. The van der Waals surface area contributed by atoms with Gasteiger partial charge >= 0.3 is 0 Å². The van der Waals surface area contributed by atoms with Crippen LogP contribution in [0.1, 0.15) is 17.0 Å². The lowest BCUT2D eigenvalue weighted by molar-refractivity contribution is 0.650. The lowest BCUT2D eigenvalue weighted by Crippen LogP contribution is -2.23. The van der Waals surface area contributed by atoms with Crippen LogP contribution in [-0.4, -0.2) is 14.3 Å². The molecule has 0 atom stereocenters. The molecule has 0 unspecified atom stereocenters. The highest BCUT2D eigenvalue weighted by atomic mass is 35.5. The highest BCUT2D eigenvalue weighted by Crippen LogP contribution is 2.19. The fraction of sp³-hybridized carbons (Fsp3) is 0.250. The Bertz CT molecular complexity index is 693. The highest BCUT2D eigenvalue weighted by molar-refractivity contribution is 6.31. The van der Waals surface area contributed by atoms with Crippen molar-refractivity contribution in [1.82, 2.24) is 14.3 Å². The molecule has 92 valence electrons. The minimum atomic E-state index is -0.324. The van der Waals surface area contributed by atoms with Gasteiger partial charge in [-0.05, 0) is 19.1 Å². The number of aryl methyl sites for hydroxylation is 2. The summed E-state index contributed by atoms with van der Waals surface area (Å²) in [5, 5.41) is 13.5. The standard InChI is InChI=1S/C12H11ClN4O/c1-8-11(13)10(16(2)15-8)7-17-5-3-4-9(6-14)12(17)18/h3-5H,7H2,1-2H3. The minimum Gasteiger partial charge on any atom is -0.308 e. The van der Waals surface area contributed by atoms with E-state index in [0.717, 1.165) is 11.4 Å². The zero-order valence-electron chi connectivity index (χ0n) is 10.0. The fourth-order valence-corrected chi connectivity index (χ4v) is 1.98. The number of hydrogen-bond acceptors (Lipinski definition) is 3. The highest BCUT2D eigenvalue weighted by Gasteiger charge is 2.12. The van der Waals surface area contributed by atoms with Gasteiger partial charge in [0.2, 0.25) is 0 Å². The third-order valence-corrected chi connectivity index (χ3v) is 3.21. The van der Waals surface area contributed by atoms with Crippen LogP contribution in [0, 0.1) is 18.3 Å². The Morgan fingerprint density at radius 2 is 2.28 bits per heavy atom. The van der Waals surface area contributed by atoms with Crippen LogP contribution in [0.15, 0.2) is 23.1 Å². The monoisotopic (exact) mass is 262 g/mol. The van der Waals surface area contributed by atoms with Crippen LogP contribution < -0.4 is 5.56 Å². The van der Waals surface area contributed by atoms with E-state index in [1.165, 1.54) is 10.6 Å². The molecule has 0 bridgehead atoms. The van der Waals surface area contributed by atoms with Crippen molar-refractivity contribution >= 4 is 11.6 Å². The molecule has 0 amide bonds. The summed E-state index contributed by atoms with van der Waals surface area (Å²) in [4.78, 5) is 11.9. The smallest absolute Gasteiger partial charge is 0.268 e. The van der Waals surface area contributed by atoms with Crippen LogP contribution in [0.3, 0.4) is 0 Å². The van der Waals surface area contributed by atoms with Crippen molar-refractivity contribution in [3.8, 4) is 6.07 Å². The lowest BCUT2D eigenvalue weighted by Gasteiger charge is -2.06. The summed E-state index contributed by atoms with van der Waals surface area (Å²) >= 11 is 6.13. The first kappa shape index (κ1) is 12.4. The number of nitrogens with zero attached hydrogens (tertiary/aromatic N) is 4. The predicted molar refractivity (Wildman–Crippen MR) is 67.5 cm³/mol. The van der Waals surface area contributed by atoms with Crippen LogP contribution in [0.5, 0.6) is 0 Å². The van der Waals surface area contributed by atoms with Crippen molar-refractivity contribution in [3.63, 3.8) is 0 Å². The summed E-state index contributed by atoms with van der Waals surface area (Å²) in [6, 6.07) is 5.03. The largest absolute Gasteiger partial charge is 0.308 e. The quantitative estimate of drug-likeness (QED) is 0.823. The van der Waals surface area contributed by atoms with Gasteiger partial charge in [-0.1, -0.05) is 11.6 Å². The van der Waals surface area contributed by atoms with E-state index in [0.29, 0.717) is 11.6 Å². The second kappa shape index (κ2) is 4.67. The molecule has 0 aliphatic carbocycles. The van der Waals surface area contributed by atoms with E-state index in [1.807, 2.05) is 6.07 Å². The van der Waals surface area contributed by atoms with Gasteiger partial charge in [-0.3, -0.25) is 9.48 Å². The first-order chi connectivity index (χ1) is 8.54. The molecule has 0 aliphatic heterocycles. The Kier molecular flexibility index (Phi) is 3.21. The summed E-state index contributed by atoms with van der Waals surface area (Å²) in [6.45, 7) is 2.10. The summed E-state index contributed by atoms with van der Waals surface area (Å²) < 4.78 is 3.09. The minimum absolute atomic E-state index is 0.118. The zero-order chi connectivity index (χ0) is 13.3. The number of pyridine rings is 1. The van der Waals surface area contributed by atoms with Gasteiger partial charge in [-0.15, -0.1) is 0 Å². The van der Waals surface area contributed by atoms with Crippen molar-refractivity contribution in [1.29, 1.82) is 5.26 Å². The molecule has 0 fully saturated rings. The van der Waals surface area contributed by atoms with Crippen LogP contribution >= 0.6 is 11.6 Å². The topological polar surface area (TPSA) is 63.6 Å². The zero-order valence-corrected chi connectivity index (χ0v) is 10.8. The van der Waals surface area contributed by atoms with Crippen LogP contribution in [0.25, 0.3) is 0 Å². The Morgan fingerprint density at radius 3 is 2.83 bits per heavy atom. The average Bonchev–Trinajstić information content (AvgIpc) is 2.58. The summed E-state index contributed by atoms with van der Waals surface area (Å²) in [5.41, 5.74) is 1.26. The Labute approximate surface area is 109 Å². The molecule has 0 saturated carbocycles. The summed E-state index contributed by atoms with van der Waals surface area (Å²) in [6.07, 6.45) is 1.63. The Hall–Kier alpha value is -2.06. The Morgan fingerprint density at radius 1 is 1.56 bits per heavy atom. The van der Waals surface area contributed by atoms with E-state index in [4.69, 9.17) is 16.9 Å². The molecule has 0 saturated heterocycles. The first-order valence-corrected chi connectivity index (χ1v) is 5.70. The number of nitriles is 1. The van der Waals surface area contributed by atoms with Gasteiger partial charge in [0, 0.05) is 13.2 Å². The van der Waals surface area contributed by atoms with E-state index < -0.39 is 0 Å². The maximum Gasteiger partial charge on any atom is 0.268 e. The van der Waals surface area contributed by atoms with Gasteiger partial charge in [-0.2, -0.15) is 10.4 Å². The molecule has 0 aromatic carbocycles. The van der Waals surface area contributed by atoms with Gasteiger partial charge in [0.1, 0.15) is 11.6 Å². The van der Waals surface area contributed by atoms with Gasteiger partial charge in [0.15, 0.2) is 0 Å².